The lowest BCUT2D eigenvalue weighted by Gasteiger charge is -2.06. The zero-order valence-corrected chi connectivity index (χ0v) is 11.6. The van der Waals surface area contributed by atoms with Crippen LogP contribution >= 0.6 is 0 Å². The van der Waals surface area contributed by atoms with Crippen molar-refractivity contribution in [2.45, 2.75) is 20.0 Å². The summed E-state index contributed by atoms with van der Waals surface area (Å²) in [6, 6.07) is 0. The van der Waals surface area contributed by atoms with E-state index in [1.807, 2.05) is 6.92 Å². The first-order valence-corrected chi connectivity index (χ1v) is 6.55. The van der Waals surface area contributed by atoms with Crippen LogP contribution in [-0.2, 0) is 17.8 Å². The molecule has 0 amide bonds. The smallest absolute Gasteiger partial charge is 0.358 e. The molecule has 2 aromatic heterocycles. The van der Waals surface area contributed by atoms with Gasteiger partial charge < -0.3 is 14.9 Å². The van der Waals surface area contributed by atoms with Crippen molar-refractivity contribution in [2.75, 3.05) is 19.8 Å². The molecule has 9 nitrogen and oxygen atoms in total. The van der Waals surface area contributed by atoms with Gasteiger partial charge >= 0.3 is 5.97 Å². The number of ether oxygens (including phenoxy) is 1. The molecule has 0 spiro atoms. The molecule has 21 heavy (non-hydrogen) atoms. The number of aromatic carboxylic acids is 1. The molecule has 0 saturated carbocycles. The summed E-state index contributed by atoms with van der Waals surface area (Å²) < 4.78 is 8.33. The van der Waals surface area contributed by atoms with Crippen molar-refractivity contribution in [3.05, 3.63) is 18.1 Å². The van der Waals surface area contributed by atoms with Crippen LogP contribution in [0, 0.1) is 0 Å². The van der Waals surface area contributed by atoms with Crippen molar-refractivity contribution in [2.24, 2.45) is 0 Å². The molecule has 0 fully saturated rings. The van der Waals surface area contributed by atoms with Crippen LogP contribution < -0.4 is 0 Å². The van der Waals surface area contributed by atoms with E-state index in [9.17, 15) is 9.90 Å². The molecule has 0 unspecified atom stereocenters. The highest BCUT2D eigenvalue weighted by Gasteiger charge is 2.21. The summed E-state index contributed by atoms with van der Waals surface area (Å²) in [5.41, 5.74) is 0.920. The van der Waals surface area contributed by atoms with Crippen molar-refractivity contribution in [1.82, 2.24) is 24.8 Å². The largest absolute Gasteiger partial charge is 0.476 e. The van der Waals surface area contributed by atoms with E-state index < -0.39 is 5.97 Å². The number of carboxylic acid groups (broad SMARTS) is 1. The monoisotopic (exact) mass is 295 g/mol. The fraction of sp³-hybridized carbons (Fsp3) is 0.500. The molecule has 114 valence electrons. The van der Waals surface area contributed by atoms with E-state index in [4.69, 9.17) is 9.84 Å². The van der Waals surface area contributed by atoms with Crippen LogP contribution in [0.25, 0.3) is 11.3 Å². The number of hydrogen-bond donors (Lipinski definition) is 2. The summed E-state index contributed by atoms with van der Waals surface area (Å²) in [7, 11) is 0. The average molecular weight is 295 g/mol. The Kier molecular flexibility index (Phi) is 5.01. The maximum atomic E-state index is 11.3. The first-order valence-electron chi connectivity index (χ1n) is 6.55. The van der Waals surface area contributed by atoms with Crippen LogP contribution in [0.5, 0.6) is 0 Å². The molecule has 2 rings (SSSR count). The van der Waals surface area contributed by atoms with E-state index in [0.717, 1.165) is 0 Å². The average Bonchev–Trinajstić information content (AvgIpc) is 3.09. The summed E-state index contributed by atoms with van der Waals surface area (Å²) in [6.45, 7) is 3.43. The predicted molar refractivity (Wildman–Crippen MR) is 71.8 cm³/mol. The maximum absolute atomic E-state index is 11.3. The van der Waals surface area contributed by atoms with Crippen LogP contribution in [0.1, 0.15) is 17.4 Å². The molecule has 0 saturated heterocycles. The SMILES string of the molecule is CCn1cc(-c2c(C(=O)O)nnn2CCOCCO)cn1. The number of nitrogens with zero attached hydrogens (tertiary/aromatic N) is 5. The number of carbonyl (C=O) groups is 1. The van der Waals surface area contributed by atoms with Gasteiger partial charge in [0.1, 0.15) is 5.69 Å². The third-order valence-corrected chi connectivity index (χ3v) is 2.85. The molecule has 2 aromatic rings. The van der Waals surface area contributed by atoms with Gasteiger partial charge in [0.05, 0.1) is 32.6 Å². The Hall–Kier alpha value is -2.26. The lowest BCUT2D eigenvalue weighted by molar-refractivity contribution is 0.0691. The van der Waals surface area contributed by atoms with Gasteiger partial charge in [0, 0.05) is 18.3 Å². The van der Waals surface area contributed by atoms with Crippen molar-refractivity contribution >= 4 is 5.97 Å². The Bertz CT molecular complexity index is 607. The molecule has 2 N–H and O–H groups in total. The van der Waals surface area contributed by atoms with Crippen molar-refractivity contribution in [3.63, 3.8) is 0 Å². The minimum atomic E-state index is -1.14. The second-order valence-electron chi connectivity index (χ2n) is 4.24. The van der Waals surface area contributed by atoms with Gasteiger partial charge in [-0.2, -0.15) is 5.10 Å². The number of aliphatic hydroxyl groups is 1. The molecular weight excluding hydrogens is 278 g/mol. The third kappa shape index (κ3) is 3.44. The second-order valence-corrected chi connectivity index (χ2v) is 4.24. The number of aliphatic hydroxyl groups excluding tert-OH is 1. The second kappa shape index (κ2) is 6.95. The van der Waals surface area contributed by atoms with Crippen LogP contribution in [0.3, 0.4) is 0 Å². The quantitative estimate of drug-likeness (QED) is 0.652. The normalized spacial score (nSPS) is 11.0. The molecule has 0 radical (unpaired) electrons. The van der Waals surface area contributed by atoms with Gasteiger partial charge in [0.15, 0.2) is 5.69 Å². The molecule has 0 atom stereocenters. The highest BCUT2D eigenvalue weighted by Crippen LogP contribution is 2.21. The van der Waals surface area contributed by atoms with E-state index >= 15 is 0 Å². The fourth-order valence-electron chi connectivity index (χ4n) is 1.88. The molecular formula is C12H17N5O4. The molecule has 0 bridgehead atoms. The van der Waals surface area contributed by atoms with Crippen molar-refractivity contribution in [1.29, 1.82) is 0 Å². The Morgan fingerprint density at radius 1 is 1.43 bits per heavy atom. The van der Waals surface area contributed by atoms with Crippen LogP contribution in [0.4, 0.5) is 0 Å². The van der Waals surface area contributed by atoms with Gasteiger partial charge in [-0.1, -0.05) is 5.21 Å². The number of aromatic nitrogens is 5. The van der Waals surface area contributed by atoms with E-state index in [1.165, 1.54) is 4.68 Å². The minimum absolute atomic E-state index is 0.0616. The van der Waals surface area contributed by atoms with Crippen LogP contribution in [-0.4, -0.2) is 60.8 Å². The maximum Gasteiger partial charge on any atom is 0.358 e. The zero-order valence-electron chi connectivity index (χ0n) is 11.6. The predicted octanol–water partition coefficient (Wildman–Crippen LogP) is -0.131. The molecule has 0 aliphatic rings. The molecule has 0 aromatic carbocycles. The minimum Gasteiger partial charge on any atom is -0.476 e. The molecule has 0 aliphatic heterocycles. The summed E-state index contributed by atoms with van der Waals surface area (Å²) in [4.78, 5) is 11.3. The highest BCUT2D eigenvalue weighted by atomic mass is 16.5. The van der Waals surface area contributed by atoms with Gasteiger partial charge in [-0.3, -0.25) is 4.68 Å². The van der Waals surface area contributed by atoms with E-state index in [2.05, 4.69) is 15.4 Å². The summed E-state index contributed by atoms with van der Waals surface area (Å²) in [5, 5.41) is 29.5. The van der Waals surface area contributed by atoms with Gasteiger partial charge in [0.25, 0.3) is 0 Å². The number of rotatable bonds is 8. The number of carboxylic acids is 1. The fourth-order valence-corrected chi connectivity index (χ4v) is 1.88. The number of hydrogen-bond acceptors (Lipinski definition) is 6. The van der Waals surface area contributed by atoms with Crippen LogP contribution in [0.15, 0.2) is 12.4 Å². The summed E-state index contributed by atoms with van der Waals surface area (Å²) >= 11 is 0. The lowest BCUT2D eigenvalue weighted by Crippen LogP contribution is -2.11. The first kappa shape index (κ1) is 15.1. The Labute approximate surface area is 120 Å². The Morgan fingerprint density at radius 2 is 2.24 bits per heavy atom. The van der Waals surface area contributed by atoms with E-state index in [0.29, 0.717) is 31.0 Å². The summed E-state index contributed by atoms with van der Waals surface area (Å²) in [6.07, 6.45) is 3.33. The molecule has 0 aliphatic carbocycles. The lowest BCUT2D eigenvalue weighted by atomic mass is 10.2. The van der Waals surface area contributed by atoms with E-state index in [-0.39, 0.29) is 18.9 Å². The Balaban J connectivity index is 2.26. The van der Waals surface area contributed by atoms with Crippen LogP contribution in [0.2, 0.25) is 0 Å². The van der Waals surface area contributed by atoms with Gasteiger partial charge in [0.2, 0.25) is 0 Å². The number of aryl methyl sites for hydroxylation is 1. The molecule has 9 heteroatoms. The molecule has 2 heterocycles. The van der Waals surface area contributed by atoms with Gasteiger partial charge in [-0.05, 0) is 6.92 Å². The van der Waals surface area contributed by atoms with Gasteiger partial charge in [-0.15, -0.1) is 5.10 Å². The first-order chi connectivity index (χ1) is 10.2. The van der Waals surface area contributed by atoms with Crippen molar-refractivity contribution < 1.29 is 19.7 Å². The van der Waals surface area contributed by atoms with Crippen molar-refractivity contribution in [3.8, 4) is 11.3 Å². The highest BCUT2D eigenvalue weighted by molar-refractivity contribution is 5.92. The van der Waals surface area contributed by atoms with Gasteiger partial charge in [-0.25, -0.2) is 9.48 Å². The van der Waals surface area contributed by atoms with E-state index in [1.54, 1.807) is 17.1 Å². The standard InChI is InChI=1S/C12H17N5O4/c1-2-16-8-9(7-13-16)11-10(12(19)20)14-15-17(11)3-5-21-6-4-18/h7-8,18H,2-6H2,1H3,(H,19,20). The topological polar surface area (TPSA) is 115 Å². The summed E-state index contributed by atoms with van der Waals surface area (Å²) in [5.74, 6) is -1.14. The Morgan fingerprint density at radius 3 is 2.86 bits per heavy atom. The zero-order chi connectivity index (χ0) is 15.2. The third-order valence-electron chi connectivity index (χ3n) is 2.85.